The third-order valence-electron chi connectivity index (χ3n) is 13.1. The minimum absolute atomic E-state index is 0.0957. The molecule has 4 nitrogen and oxygen atoms in total. The van der Waals surface area contributed by atoms with Crippen molar-refractivity contribution in [1.29, 1.82) is 0 Å². The van der Waals surface area contributed by atoms with Crippen LogP contribution in [0.3, 0.4) is 0 Å². The fourth-order valence-electron chi connectivity index (χ4n) is 9.93. The Bertz CT molecular complexity index is 3300. The number of anilines is 4. The first kappa shape index (κ1) is 53.8. The Hall–Kier alpha value is -7.56. The first-order valence-electron chi connectivity index (χ1n) is 25.8. The van der Waals surface area contributed by atoms with Crippen LogP contribution in [0.25, 0.3) is 49.5 Å². The second-order valence-electron chi connectivity index (χ2n) is 18.7. The van der Waals surface area contributed by atoms with Crippen molar-refractivity contribution in [3.05, 3.63) is 222 Å². The van der Waals surface area contributed by atoms with E-state index in [2.05, 4.69) is 218 Å². The van der Waals surface area contributed by atoms with Crippen LogP contribution in [0.2, 0.25) is 0 Å². The van der Waals surface area contributed by atoms with E-state index in [-0.39, 0.29) is 5.41 Å². The number of allylic oxidation sites excluding steroid dienone is 6. The van der Waals surface area contributed by atoms with Gasteiger partial charge in [-0.2, -0.15) is 0 Å². The maximum atomic E-state index is 11.5. The van der Waals surface area contributed by atoms with Gasteiger partial charge in [-0.1, -0.05) is 202 Å². The van der Waals surface area contributed by atoms with Gasteiger partial charge in [-0.15, -0.1) is 0 Å². The number of hydrogen-bond donors (Lipinski definition) is 1. The highest BCUT2D eigenvalue weighted by Gasteiger charge is 2.25. The SMILES string of the molecule is C=C/C=C(\C=C(/C)N(/C(CC)=c1\ccc2c(C)cc(N(c3ccccc3)c3cccc(-c4cccc(C(C)(C)C)c4OC)c3)c3ccc(C(=C)C)c1c23)c1ccccc1)c1cccc(CC)c1O.CC.CC. The van der Waals surface area contributed by atoms with Gasteiger partial charge in [0.1, 0.15) is 11.5 Å². The first-order chi connectivity index (χ1) is 34.8. The maximum absolute atomic E-state index is 11.5. The summed E-state index contributed by atoms with van der Waals surface area (Å²) in [6.07, 6.45) is 7.41. The maximum Gasteiger partial charge on any atom is 0.130 e. The predicted octanol–water partition coefficient (Wildman–Crippen LogP) is 19.0. The summed E-state index contributed by atoms with van der Waals surface area (Å²) >= 11 is 0. The average Bonchev–Trinajstić information content (AvgIpc) is 3.40. The Kier molecular flexibility index (Phi) is 18.0. The van der Waals surface area contributed by atoms with E-state index in [0.29, 0.717) is 5.75 Å². The van der Waals surface area contributed by atoms with Crippen LogP contribution >= 0.6 is 0 Å². The van der Waals surface area contributed by atoms with E-state index in [0.717, 1.165) is 102 Å². The number of para-hydroxylation sites is 4. The van der Waals surface area contributed by atoms with E-state index < -0.39 is 0 Å². The zero-order valence-electron chi connectivity index (χ0n) is 45.2. The summed E-state index contributed by atoms with van der Waals surface area (Å²) in [6.45, 7) is 34.2. The normalized spacial score (nSPS) is 12.1. The first-order valence-corrected chi connectivity index (χ1v) is 25.8. The third-order valence-corrected chi connectivity index (χ3v) is 13.1. The van der Waals surface area contributed by atoms with Crippen molar-refractivity contribution < 1.29 is 9.84 Å². The van der Waals surface area contributed by atoms with Gasteiger partial charge in [0.25, 0.3) is 0 Å². The molecule has 0 radical (unpaired) electrons. The fraction of sp³-hybridized carbons (Fsp3) is 0.235. The molecular weight excluding hydrogens is 877 g/mol. The van der Waals surface area contributed by atoms with Crippen molar-refractivity contribution in [2.45, 2.75) is 101 Å². The molecule has 8 aromatic carbocycles. The number of benzene rings is 8. The van der Waals surface area contributed by atoms with Crippen LogP contribution in [0.1, 0.15) is 110 Å². The number of aryl methyl sites for hydroxylation is 2. The number of ether oxygens (including phenoxy) is 1. The second kappa shape index (κ2) is 24.0. The Balaban J connectivity index is 0.00000207. The van der Waals surface area contributed by atoms with Gasteiger partial charge in [0.05, 0.1) is 12.8 Å². The van der Waals surface area contributed by atoms with Crippen LogP contribution in [-0.4, -0.2) is 12.2 Å². The largest absolute Gasteiger partial charge is 0.507 e. The summed E-state index contributed by atoms with van der Waals surface area (Å²) in [5, 5.41) is 17.3. The molecule has 8 aromatic rings. The average molecular weight is 953 g/mol. The molecule has 0 saturated carbocycles. The van der Waals surface area contributed by atoms with Gasteiger partial charge < -0.3 is 19.6 Å². The molecule has 370 valence electrons. The third kappa shape index (κ3) is 10.8. The van der Waals surface area contributed by atoms with Gasteiger partial charge in [-0.25, -0.2) is 0 Å². The summed E-state index contributed by atoms with van der Waals surface area (Å²) < 4.78 is 6.18. The summed E-state index contributed by atoms with van der Waals surface area (Å²) in [5.74, 6) is 1.20. The lowest BCUT2D eigenvalue weighted by Gasteiger charge is -2.31. The lowest BCUT2D eigenvalue weighted by Crippen LogP contribution is -2.26. The van der Waals surface area contributed by atoms with Crippen molar-refractivity contribution in [3.63, 3.8) is 0 Å². The zero-order valence-corrected chi connectivity index (χ0v) is 45.2. The van der Waals surface area contributed by atoms with Crippen molar-refractivity contribution in [3.8, 4) is 22.6 Å². The van der Waals surface area contributed by atoms with Crippen LogP contribution < -0.4 is 19.8 Å². The molecule has 0 aliphatic carbocycles. The molecule has 0 aliphatic heterocycles. The Labute approximate surface area is 431 Å². The van der Waals surface area contributed by atoms with Crippen molar-refractivity contribution in [2.24, 2.45) is 0 Å². The standard InChI is InChI=1S/C64H64N2O2.2C2H6/c1-12-24-46(53-32-22-25-45(13-2)62(53)67)40-44(7)65(48-27-17-15-18-28-48)58(14-3)55-38-36-52-43(6)39-59(56-37-35-51(42(4)5)60(55)61(52)56)66(49-29-19-16-20-30-49)50-31-21-26-47(41-50)54-33-23-34-57(63(54)68-11)64(8,9)10;2*1-2/h12,15-41,67H,1,4,13-14H2,2-3,5-11H3;2*1-2H3/b44-40+,46-24+,58-55+;;. The smallest absolute Gasteiger partial charge is 0.130 e. The van der Waals surface area contributed by atoms with E-state index in [9.17, 15) is 5.11 Å². The van der Waals surface area contributed by atoms with Crippen molar-refractivity contribution in [2.75, 3.05) is 16.9 Å². The molecule has 0 heterocycles. The number of aromatic hydroxyl groups is 1. The Morgan fingerprint density at radius 3 is 1.92 bits per heavy atom. The van der Waals surface area contributed by atoms with Crippen LogP contribution in [0.15, 0.2) is 189 Å². The molecule has 0 spiro atoms. The molecular formula is C68H76N2O2. The molecule has 1 N–H and O–H groups in total. The van der Waals surface area contributed by atoms with E-state index in [1.807, 2.05) is 52.0 Å². The van der Waals surface area contributed by atoms with Crippen LogP contribution in [0, 0.1) is 6.92 Å². The monoisotopic (exact) mass is 953 g/mol. The number of nitrogens with zero attached hydrogens (tertiary/aromatic N) is 2. The second-order valence-corrected chi connectivity index (χ2v) is 18.7. The van der Waals surface area contributed by atoms with Crippen LogP contribution in [0.4, 0.5) is 22.7 Å². The zero-order chi connectivity index (χ0) is 52.3. The predicted molar refractivity (Wildman–Crippen MR) is 316 cm³/mol. The van der Waals surface area contributed by atoms with E-state index in [4.69, 9.17) is 4.74 Å². The minimum atomic E-state index is -0.0957. The molecule has 8 rings (SSSR count). The van der Waals surface area contributed by atoms with E-state index in [1.54, 1.807) is 13.2 Å². The number of methoxy groups -OCH3 is 1. The Morgan fingerprint density at radius 1 is 0.681 bits per heavy atom. The summed E-state index contributed by atoms with van der Waals surface area (Å²) in [5.41, 5.74) is 15.5. The van der Waals surface area contributed by atoms with Gasteiger partial charge in [0.2, 0.25) is 0 Å². The van der Waals surface area contributed by atoms with E-state index in [1.165, 1.54) is 27.3 Å². The fourth-order valence-corrected chi connectivity index (χ4v) is 9.93. The number of hydrogen-bond acceptors (Lipinski definition) is 4. The molecule has 72 heavy (non-hydrogen) atoms. The van der Waals surface area contributed by atoms with Gasteiger partial charge >= 0.3 is 0 Å². The van der Waals surface area contributed by atoms with Crippen molar-refractivity contribution >= 4 is 61.1 Å². The Morgan fingerprint density at radius 2 is 1.31 bits per heavy atom. The molecule has 0 aromatic heterocycles. The van der Waals surface area contributed by atoms with Crippen molar-refractivity contribution in [1.82, 2.24) is 0 Å². The number of phenols is 1. The molecule has 4 heteroatoms. The minimum Gasteiger partial charge on any atom is -0.507 e. The lowest BCUT2D eigenvalue weighted by molar-refractivity contribution is 0.399. The topological polar surface area (TPSA) is 35.9 Å². The van der Waals surface area contributed by atoms with Gasteiger partial charge in [0.15, 0.2) is 0 Å². The molecule has 0 amide bonds. The summed E-state index contributed by atoms with van der Waals surface area (Å²) in [4.78, 5) is 4.78. The number of phenolic OH excluding ortho intramolecular Hbond substituents is 1. The lowest BCUT2D eigenvalue weighted by atomic mass is 9.84. The number of rotatable bonds is 14. The molecule has 0 fully saturated rings. The highest BCUT2D eigenvalue weighted by Crippen LogP contribution is 2.46. The highest BCUT2D eigenvalue weighted by molar-refractivity contribution is 6.19. The van der Waals surface area contributed by atoms with E-state index >= 15 is 0 Å². The van der Waals surface area contributed by atoms with Gasteiger partial charge in [-0.3, -0.25) is 0 Å². The molecule has 0 aliphatic rings. The molecule has 0 bridgehead atoms. The highest BCUT2D eigenvalue weighted by atomic mass is 16.5. The molecule has 0 saturated heterocycles. The summed E-state index contributed by atoms with van der Waals surface area (Å²) in [6, 6.07) is 54.1. The van der Waals surface area contributed by atoms with Gasteiger partial charge in [0, 0.05) is 55.8 Å². The van der Waals surface area contributed by atoms with Gasteiger partial charge in [-0.05, 0) is 132 Å². The quantitative estimate of drug-likeness (QED) is 0.110. The van der Waals surface area contributed by atoms with Crippen LogP contribution in [0.5, 0.6) is 11.5 Å². The molecule has 0 atom stereocenters. The summed E-state index contributed by atoms with van der Waals surface area (Å²) in [7, 11) is 1.78. The molecule has 0 unspecified atom stereocenters. The van der Waals surface area contributed by atoms with Crippen LogP contribution in [-0.2, 0) is 11.8 Å².